The van der Waals surface area contributed by atoms with E-state index in [-0.39, 0.29) is 6.05 Å². The highest BCUT2D eigenvalue weighted by atomic mass is 16.5. The van der Waals surface area contributed by atoms with Gasteiger partial charge in [-0.2, -0.15) is 0 Å². The predicted octanol–water partition coefficient (Wildman–Crippen LogP) is 1.91. The summed E-state index contributed by atoms with van der Waals surface area (Å²) in [5.41, 5.74) is 0.818. The van der Waals surface area contributed by atoms with E-state index in [4.69, 9.17) is 6.11 Å². The molecule has 1 aromatic rings. The van der Waals surface area contributed by atoms with Crippen LogP contribution in [0, 0.1) is 0 Å². The first-order valence-electron chi connectivity index (χ1n) is 4.04. The van der Waals surface area contributed by atoms with Gasteiger partial charge in [-0.25, -0.2) is 0 Å². The van der Waals surface area contributed by atoms with Gasteiger partial charge in [0.15, 0.2) is 0 Å². The summed E-state index contributed by atoms with van der Waals surface area (Å²) in [6.45, 7) is 0. The molecular weight excluding hydrogens is 152 g/mol. The molecular formula is C10H10O2. The summed E-state index contributed by atoms with van der Waals surface area (Å²) in [5.74, 6) is 0.759. The molecule has 2 nitrogen and oxygen atoms in total. The Morgan fingerprint density at radius 2 is 2.08 bits per heavy atom. The second kappa shape index (κ2) is 4.34. The van der Waals surface area contributed by atoms with Crippen LogP contribution < -0.4 is 4.74 Å². The minimum atomic E-state index is -0.0369. The normalized spacial score (nSPS) is 12.1. The number of methoxy groups -OCH3 is 1. The van der Waals surface area contributed by atoms with Crippen molar-refractivity contribution in [1.29, 1.82) is 0 Å². The molecule has 1 rings (SSSR count). The van der Waals surface area contributed by atoms with Crippen LogP contribution in [0.5, 0.6) is 5.75 Å². The average Bonchev–Trinajstić information content (AvgIpc) is 2.19. The molecule has 0 bridgehead atoms. The number of ether oxygens (including phenoxy) is 1. The van der Waals surface area contributed by atoms with Gasteiger partial charge in [0, 0.05) is 0 Å². The fraction of sp³-hybridized carbons (Fsp3) is 0.100. The summed E-state index contributed by atoms with van der Waals surface area (Å²) >= 11 is 0. The molecule has 1 aromatic carbocycles. The number of carbonyl (C=O) groups excluding carboxylic acids is 1. The van der Waals surface area contributed by atoms with Crippen LogP contribution in [0.1, 0.15) is 6.93 Å². The van der Waals surface area contributed by atoms with Crippen molar-refractivity contribution in [1.82, 2.24) is 0 Å². The third kappa shape index (κ3) is 2.23. The summed E-state index contributed by atoms with van der Waals surface area (Å²) in [5, 5.41) is 0. The zero-order chi connectivity index (χ0) is 9.68. The van der Waals surface area contributed by atoms with Gasteiger partial charge in [-0.3, -0.25) is 4.79 Å². The maximum Gasteiger partial charge on any atom is 0.142 e. The Labute approximate surface area is 72.9 Å². The molecule has 0 atom stereocenters. The molecule has 12 heavy (non-hydrogen) atoms. The first-order chi connectivity index (χ1) is 6.26. The molecule has 0 radical (unpaired) electrons. The Bertz CT molecular complexity index is 314. The van der Waals surface area contributed by atoms with Crippen LogP contribution in [0.4, 0.5) is 0 Å². The van der Waals surface area contributed by atoms with E-state index in [1.165, 1.54) is 6.08 Å². The van der Waals surface area contributed by atoms with Crippen LogP contribution in [0.2, 0.25) is 0 Å². The van der Waals surface area contributed by atoms with E-state index in [2.05, 4.69) is 0 Å². The van der Waals surface area contributed by atoms with Crippen molar-refractivity contribution in [3.8, 4) is 5.75 Å². The van der Waals surface area contributed by atoms with Gasteiger partial charge in [-0.15, -0.1) is 0 Å². The van der Waals surface area contributed by atoms with Crippen LogP contribution >= 0.6 is 0 Å². The summed E-state index contributed by atoms with van der Waals surface area (Å²) in [6, 6.07) is 7.10. The fourth-order valence-corrected chi connectivity index (χ4v) is 0.830. The molecule has 0 fully saturated rings. The van der Waals surface area contributed by atoms with E-state index in [0.717, 1.165) is 11.3 Å². The lowest BCUT2D eigenvalue weighted by atomic mass is 10.2. The Kier molecular flexibility index (Phi) is 2.57. The smallest absolute Gasteiger partial charge is 0.142 e. The molecule has 0 heterocycles. The van der Waals surface area contributed by atoms with E-state index < -0.39 is 0 Å². The maximum absolute atomic E-state index is 10.2. The van der Waals surface area contributed by atoms with E-state index in [1.807, 2.05) is 0 Å². The van der Waals surface area contributed by atoms with Crippen molar-refractivity contribution in [2.75, 3.05) is 7.11 Å². The molecule has 62 valence electrons. The van der Waals surface area contributed by atoms with E-state index in [9.17, 15) is 4.79 Å². The average molecular weight is 163 g/mol. The van der Waals surface area contributed by atoms with Crippen LogP contribution in [-0.2, 0) is 4.79 Å². The van der Waals surface area contributed by atoms with Gasteiger partial charge in [0.25, 0.3) is 0 Å². The Morgan fingerprint density at radius 1 is 1.42 bits per heavy atom. The first-order valence-corrected chi connectivity index (χ1v) is 3.54. The molecule has 0 spiro atoms. The topological polar surface area (TPSA) is 26.3 Å². The number of allylic oxidation sites excluding steroid dienone is 1. The molecule has 0 aliphatic heterocycles. The fourth-order valence-electron chi connectivity index (χ4n) is 0.830. The molecule has 0 aliphatic rings. The number of carbonyl (C=O) groups is 1. The Hall–Kier alpha value is -1.57. The van der Waals surface area contributed by atoms with Gasteiger partial charge in [0.1, 0.15) is 12.0 Å². The molecule has 2 heteroatoms. The van der Waals surface area contributed by atoms with Gasteiger partial charge in [-0.1, -0.05) is 18.2 Å². The lowest BCUT2D eigenvalue weighted by Gasteiger charge is -1.98. The first kappa shape index (κ1) is 7.10. The molecule has 0 amide bonds. The summed E-state index contributed by atoms with van der Waals surface area (Å²) in [7, 11) is 1.59. The number of rotatable bonds is 3. The molecule has 0 aliphatic carbocycles. The van der Waals surface area contributed by atoms with E-state index >= 15 is 0 Å². The Morgan fingerprint density at radius 3 is 2.58 bits per heavy atom. The summed E-state index contributed by atoms with van der Waals surface area (Å²) < 4.78 is 12.1. The maximum atomic E-state index is 10.2. The second-order valence-corrected chi connectivity index (χ2v) is 2.20. The van der Waals surface area contributed by atoms with E-state index in [1.54, 1.807) is 31.4 Å². The van der Waals surface area contributed by atoms with E-state index in [0.29, 0.717) is 6.29 Å². The van der Waals surface area contributed by atoms with Gasteiger partial charge in [0.2, 0.25) is 0 Å². The number of hydrogen-bond acceptors (Lipinski definition) is 2. The van der Waals surface area contributed by atoms with Gasteiger partial charge >= 0.3 is 0 Å². The van der Waals surface area contributed by atoms with Crippen molar-refractivity contribution in [2.45, 2.75) is 0 Å². The third-order valence-electron chi connectivity index (χ3n) is 1.43. The highest BCUT2D eigenvalue weighted by Crippen LogP contribution is 2.11. The number of benzene rings is 1. The molecule has 0 saturated heterocycles. The minimum absolute atomic E-state index is 0.0369. The summed E-state index contributed by atoms with van der Waals surface area (Å²) in [4.78, 5) is 10.2. The monoisotopic (exact) mass is 163 g/mol. The van der Waals surface area contributed by atoms with Gasteiger partial charge < -0.3 is 4.74 Å². The molecule has 0 saturated carbocycles. The van der Waals surface area contributed by atoms with Crippen molar-refractivity contribution in [3.05, 3.63) is 35.9 Å². The second-order valence-electron chi connectivity index (χ2n) is 2.20. The number of hydrogen-bond donors (Lipinski definition) is 0. The predicted molar refractivity (Wildman–Crippen MR) is 48.1 cm³/mol. The number of aldehydes is 1. The zero-order valence-electron chi connectivity index (χ0n) is 7.78. The highest BCUT2D eigenvalue weighted by Gasteiger charge is 1.88. The van der Waals surface area contributed by atoms with Crippen molar-refractivity contribution in [3.63, 3.8) is 0 Å². The van der Waals surface area contributed by atoms with Crippen LogP contribution in [0.3, 0.4) is 0 Å². The van der Waals surface area contributed by atoms with Crippen molar-refractivity contribution in [2.24, 2.45) is 0 Å². The lowest BCUT2D eigenvalue weighted by Crippen LogP contribution is -1.81. The SMILES string of the molecule is [2H]/C(C=O)=C\c1ccc(OC)cc1. The molecule has 0 N–H and O–H groups in total. The Balaban J connectivity index is 2.86. The lowest BCUT2D eigenvalue weighted by molar-refractivity contribution is -0.104. The minimum Gasteiger partial charge on any atom is -0.497 e. The third-order valence-corrected chi connectivity index (χ3v) is 1.43. The summed E-state index contributed by atoms with van der Waals surface area (Å²) in [6.07, 6.45) is 2.00. The molecule has 0 unspecified atom stereocenters. The largest absolute Gasteiger partial charge is 0.497 e. The zero-order valence-corrected chi connectivity index (χ0v) is 6.78. The quantitative estimate of drug-likeness (QED) is 0.502. The van der Waals surface area contributed by atoms with Crippen LogP contribution in [0.25, 0.3) is 6.08 Å². The van der Waals surface area contributed by atoms with Crippen LogP contribution in [0.15, 0.2) is 30.3 Å². The van der Waals surface area contributed by atoms with Gasteiger partial charge in [0.05, 0.1) is 8.48 Å². The van der Waals surface area contributed by atoms with Gasteiger partial charge in [-0.05, 0) is 23.7 Å². The highest BCUT2D eigenvalue weighted by molar-refractivity contribution is 5.73. The standard InChI is InChI=1S/C10H10O2/c1-12-10-6-4-9(5-7-10)3-2-8-11/h2-8H,1H3/b3-2+/i2D. The van der Waals surface area contributed by atoms with Crippen molar-refractivity contribution < 1.29 is 10.9 Å². The van der Waals surface area contributed by atoms with Crippen LogP contribution in [-0.4, -0.2) is 13.4 Å². The van der Waals surface area contributed by atoms with Crippen molar-refractivity contribution >= 4 is 12.4 Å². The molecule has 0 aromatic heterocycles.